The second-order valence-corrected chi connectivity index (χ2v) is 8.59. The summed E-state index contributed by atoms with van der Waals surface area (Å²) in [6.45, 7) is 2.14. The lowest BCUT2D eigenvalue weighted by atomic mass is 9.90. The van der Waals surface area contributed by atoms with Crippen molar-refractivity contribution in [2.75, 3.05) is 30.8 Å². The third-order valence-electron chi connectivity index (χ3n) is 6.51. The van der Waals surface area contributed by atoms with Crippen LogP contribution in [-0.2, 0) is 0 Å². The molecule has 2 aliphatic rings. The summed E-state index contributed by atoms with van der Waals surface area (Å²) < 4.78 is 5.70. The maximum absolute atomic E-state index is 5.70. The zero-order chi connectivity index (χ0) is 21.0. The Morgan fingerprint density at radius 3 is 2.68 bits per heavy atom. The van der Waals surface area contributed by atoms with Crippen molar-refractivity contribution in [2.45, 2.75) is 56.9 Å². The Balaban J connectivity index is 1.40. The fourth-order valence-corrected chi connectivity index (χ4v) is 4.77. The van der Waals surface area contributed by atoms with E-state index in [1.54, 1.807) is 13.4 Å². The number of hydrogen-bond acceptors (Lipinski definition) is 7. The summed E-state index contributed by atoms with van der Waals surface area (Å²) in [4.78, 5) is 16.9. The molecule has 5 rings (SSSR count). The van der Waals surface area contributed by atoms with Crippen molar-refractivity contribution in [1.82, 2.24) is 25.3 Å². The molecule has 0 spiro atoms. The third-order valence-corrected chi connectivity index (χ3v) is 6.51. The van der Waals surface area contributed by atoms with Gasteiger partial charge in [-0.1, -0.05) is 25.3 Å². The number of nitrogens with zero attached hydrogens (tertiary/aromatic N) is 3. The molecule has 1 aromatic carbocycles. The number of ether oxygens (including phenoxy) is 1. The monoisotopic (exact) mass is 421 g/mol. The highest BCUT2D eigenvalue weighted by atomic mass is 16.5. The van der Waals surface area contributed by atoms with Gasteiger partial charge in [0.05, 0.1) is 19.1 Å². The summed E-state index contributed by atoms with van der Waals surface area (Å²) in [5.74, 6) is 2.71. The number of anilines is 3. The number of methoxy groups -OCH3 is 1. The van der Waals surface area contributed by atoms with E-state index < -0.39 is 0 Å². The molecule has 2 fully saturated rings. The number of fused-ring (bicyclic) bond motifs is 1. The molecule has 1 saturated carbocycles. The van der Waals surface area contributed by atoms with E-state index in [0.29, 0.717) is 23.6 Å². The molecule has 3 heterocycles. The van der Waals surface area contributed by atoms with Gasteiger partial charge in [0.25, 0.3) is 0 Å². The van der Waals surface area contributed by atoms with Gasteiger partial charge in [-0.15, -0.1) is 0 Å². The minimum atomic E-state index is 0.446. The fraction of sp³-hybridized carbons (Fsp3) is 0.522. The van der Waals surface area contributed by atoms with Gasteiger partial charge in [0, 0.05) is 6.04 Å². The quantitative estimate of drug-likeness (QED) is 0.470. The molecule has 164 valence electrons. The highest BCUT2D eigenvalue weighted by Gasteiger charge is 2.19. The molecule has 3 aromatic rings. The Morgan fingerprint density at radius 1 is 1.03 bits per heavy atom. The van der Waals surface area contributed by atoms with Crippen LogP contribution in [0.15, 0.2) is 24.5 Å². The van der Waals surface area contributed by atoms with Gasteiger partial charge in [-0.05, 0) is 62.4 Å². The Hall–Kier alpha value is -2.87. The van der Waals surface area contributed by atoms with Gasteiger partial charge in [0.15, 0.2) is 11.5 Å². The van der Waals surface area contributed by atoms with Gasteiger partial charge < -0.3 is 25.7 Å². The van der Waals surface area contributed by atoms with Gasteiger partial charge in [0.1, 0.15) is 11.3 Å². The highest BCUT2D eigenvalue weighted by molar-refractivity contribution is 5.84. The summed E-state index contributed by atoms with van der Waals surface area (Å²) in [7, 11) is 1.71. The van der Waals surface area contributed by atoms with Crippen LogP contribution in [0.4, 0.5) is 17.5 Å². The zero-order valence-corrected chi connectivity index (χ0v) is 18.1. The van der Waals surface area contributed by atoms with E-state index in [1.165, 1.54) is 37.7 Å². The molecular weight excluding hydrogens is 390 g/mol. The standard InChI is InChI=1S/C23H31N7O/c1-31-19-13-16(15-9-11-24-12-10-15)7-8-18(19)28-23-29-21-20(25-14-26-21)22(30-23)27-17-5-3-2-4-6-17/h7-8,13-15,17,24H,2-6,9-12H2,1H3,(H3,25,26,27,28,29,30). The van der Waals surface area contributed by atoms with Gasteiger partial charge in [-0.2, -0.15) is 9.97 Å². The van der Waals surface area contributed by atoms with E-state index in [1.807, 2.05) is 0 Å². The van der Waals surface area contributed by atoms with E-state index in [4.69, 9.17) is 9.72 Å². The molecule has 0 atom stereocenters. The number of H-pyrrole nitrogens is 1. The minimum Gasteiger partial charge on any atom is -0.495 e. The number of benzene rings is 1. The van der Waals surface area contributed by atoms with E-state index in [9.17, 15) is 0 Å². The first-order valence-corrected chi connectivity index (χ1v) is 11.4. The molecule has 1 aliphatic carbocycles. The second kappa shape index (κ2) is 9.09. The average molecular weight is 422 g/mol. The van der Waals surface area contributed by atoms with Crippen LogP contribution >= 0.6 is 0 Å². The lowest BCUT2D eigenvalue weighted by Gasteiger charge is -2.24. The predicted octanol–water partition coefficient (Wildman–Crippen LogP) is 4.32. The van der Waals surface area contributed by atoms with Crippen molar-refractivity contribution in [3.63, 3.8) is 0 Å². The van der Waals surface area contributed by atoms with Crippen LogP contribution in [0.2, 0.25) is 0 Å². The number of hydrogen-bond donors (Lipinski definition) is 4. The van der Waals surface area contributed by atoms with Crippen LogP contribution < -0.4 is 20.7 Å². The topological polar surface area (TPSA) is 99.8 Å². The summed E-state index contributed by atoms with van der Waals surface area (Å²) >= 11 is 0. The molecular formula is C23H31N7O. The van der Waals surface area contributed by atoms with E-state index in [0.717, 1.165) is 48.7 Å². The zero-order valence-electron chi connectivity index (χ0n) is 18.1. The maximum Gasteiger partial charge on any atom is 0.231 e. The van der Waals surface area contributed by atoms with E-state index >= 15 is 0 Å². The second-order valence-electron chi connectivity index (χ2n) is 8.59. The van der Waals surface area contributed by atoms with Crippen molar-refractivity contribution in [3.05, 3.63) is 30.1 Å². The Labute approximate surface area is 182 Å². The molecule has 2 aromatic heterocycles. The first-order valence-electron chi connectivity index (χ1n) is 11.4. The number of aromatic nitrogens is 4. The molecule has 4 N–H and O–H groups in total. The van der Waals surface area contributed by atoms with Crippen LogP contribution in [0.1, 0.15) is 56.4 Å². The van der Waals surface area contributed by atoms with Crippen molar-refractivity contribution < 1.29 is 4.74 Å². The van der Waals surface area contributed by atoms with Crippen molar-refractivity contribution in [3.8, 4) is 5.75 Å². The predicted molar refractivity (Wildman–Crippen MR) is 123 cm³/mol. The number of nitrogens with one attached hydrogen (secondary N) is 4. The first kappa shape index (κ1) is 20.1. The molecule has 0 unspecified atom stereocenters. The average Bonchev–Trinajstić information content (AvgIpc) is 3.30. The number of rotatable bonds is 6. The first-order chi connectivity index (χ1) is 15.3. The summed E-state index contributed by atoms with van der Waals surface area (Å²) in [5, 5.41) is 10.4. The van der Waals surface area contributed by atoms with Gasteiger partial charge in [-0.25, -0.2) is 4.98 Å². The Morgan fingerprint density at radius 2 is 1.87 bits per heavy atom. The van der Waals surface area contributed by atoms with Crippen LogP contribution in [-0.4, -0.2) is 46.2 Å². The lowest BCUT2D eigenvalue weighted by molar-refractivity contribution is 0.413. The summed E-state index contributed by atoms with van der Waals surface area (Å²) in [6, 6.07) is 6.85. The largest absolute Gasteiger partial charge is 0.495 e. The number of imidazole rings is 1. The van der Waals surface area contributed by atoms with Crippen LogP contribution in [0, 0.1) is 0 Å². The molecule has 8 nitrogen and oxygen atoms in total. The van der Waals surface area contributed by atoms with Gasteiger partial charge >= 0.3 is 0 Å². The molecule has 0 radical (unpaired) electrons. The maximum atomic E-state index is 5.70. The summed E-state index contributed by atoms with van der Waals surface area (Å²) in [5.41, 5.74) is 3.69. The number of aromatic amines is 1. The van der Waals surface area contributed by atoms with Crippen molar-refractivity contribution in [1.29, 1.82) is 0 Å². The van der Waals surface area contributed by atoms with E-state index in [2.05, 4.69) is 49.1 Å². The molecule has 31 heavy (non-hydrogen) atoms. The van der Waals surface area contributed by atoms with Crippen LogP contribution in [0.5, 0.6) is 5.75 Å². The molecule has 8 heteroatoms. The highest BCUT2D eigenvalue weighted by Crippen LogP contribution is 2.34. The van der Waals surface area contributed by atoms with Crippen LogP contribution in [0.25, 0.3) is 11.2 Å². The SMILES string of the molecule is COc1cc(C2CCNCC2)ccc1Nc1nc(NC2CCCCC2)c2[nH]cnc2n1. The third kappa shape index (κ3) is 4.44. The van der Waals surface area contributed by atoms with E-state index in [-0.39, 0.29) is 0 Å². The fourth-order valence-electron chi connectivity index (χ4n) is 4.77. The van der Waals surface area contributed by atoms with Crippen LogP contribution in [0.3, 0.4) is 0 Å². The van der Waals surface area contributed by atoms with Gasteiger partial charge in [0.2, 0.25) is 5.95 Å². The molecule has 1 saturated heterocycles. The Bertz CT molecular complexity index is 1020. The van der Waals surface area contributed by atoms with Crippen molar-refractivity contribution >= 4 is 28.6 Å². The minimum absolute atomic E-state index is 0.446. The van der Waals surface area contributed by atoms with Crippen molar-refractivity contribution in [2.24, 2.45) is 0 Å². The molecule has 1 aliphatic heterocycles. The molecule has 0 bridgehead atoms. The lowest BCUT2D eigenvalue weighted by Crippen LogP contribution is -2.26. The Kier molecular flexibility index (Phi) is 5.88. The number of piperidine rings is 1. The summed E-state index contributed by atoms with van der Waals surface area (Å²) in [6.07, 6.45) is 10.2. The van der Waals surface area contributed by atoms with Gasteiger partial charge in [-0.3, -0.25) is 0 Å². The normalized spacial score (nSPS) is 18.2. The smallest absolute Gasteiger partial charge is 0.231 e. The molecule has 0 amide bonds.